The predicted molar refractivity (Wildman–Crippen MR) is 48.2 cm³/mol. The number of fused-ring (bicyclic) bond motifs is 1. The minimum atomic E-state index is -4.49. The maximum atomic E-state index is 13.0. The Hall–Kier alpha value is -1.80. The normalized spacial score (nSPS) is 19.6. The molecule has 1 aliphatic heterocycles. The molecule has 2 heterocycles. The number of hydrogen-bond donors (Lipinski definition) is 2. The fourth-order valence-electron chi connectivity index (χ4n) is 1.57. The van der Waals surface area contributed by atoms with E-state index in [0.29, 0.717) is 0 Å². The Morgan fingerprint density at radius 2 is 2.12 bits per heavy atom. The van der Waals surface area contributed by atoms with Gasteiger partial charge >= 0.3 is 6.18 Å². The minimum absolute atomic E-state index is 0.310. The van der Waals surface area contributed by atoms with Gasteiger partial charge in [-0.1, -0.05) is 0 Å². The summed E-state index contributed by atoms with van der Waals surface area (Å²) in [6.07, 6.45) is -4.89. The summed E-state index contributed by atoms with van der Waals surface area (Å²) in [5, 5.41) is 10.9. The largest absolute Gasteiger partial charge is 0.491 e. The lowest BCUT2D eigenvalue weighted by atomic mass is 10.1. The van der Waals surface area contributed by atoms with E-state index in [1.807, 2.05) is 5.32 Å². The lowest BCUT2D eigenvalue weighted by Gasteiger charge is -2.28. The quantitative estimate of drug-likeness (QED) is 0.672. The van der Waals surface area contributed by atoms with Crippen LogP contribution in [0.1, 0.15) is 6.42 Å². The van der Waals surface area contributed by atoms with Gasteiger partial charge in [0.2, 0.25) is 11.8 Å². The van der Waals surface area contributed by atoms with Crippen molar-refractivity contribution in [3.05, 3.63) is 16.2 Å². The van der Waals surface area contributed by atoms with Gasteiger partial charge in [0.1, 0.15) is 6.04 Å². The van der Waals surface area contributed by atoms with Crippen molar-refractivity contribution >= 4 is 5.95 Å². The third-order valence-electron chi connectivity index (χ3n) is 2.44. The van der Waals surface area contributed by atoms with Gasteiger partial charge in [0.05, 0.1) is 0 Å². The Labute approximate surface area is 91.7 Å². The standard InChI is InChI=1S/C8H7F4N3O2/c9-4-5(16)14-7-13-3(8(10,11)12)1-2-15(7)6(4)17/h3,16H,1-2H2,(H,13,14)/t3-/m0/s1. The summed E-state index contributed by atoms with van der Waals surface area (Å²) in [4.78, 5) is 14.4. The molecule has 9 heteroatoms. The van der Waals surface area contributed by atoms with E-state index in [9.17, 15) is 22.4 Å². The highest BCUT2D eigenvalue weighted by atomic mass is 19.4. The van der Waals surface area contributed by atoms with Crippen molar-refractivity contribution < 1.29 is 22.7 Å². The van der Waals surface area contributed by atoms with Crippen LogP contribution in [0.25, 0.3) is 0 Å². The van der Waals surface area contributed by atoms with Gasteiger partial charge in [-0.25, -0.2) is 0 Å². The molecule has 0 fully saturated rings. The van der Waals surface area contributed by atoms with Crippen LogP contribution in [0.5, 0.6) is 5.88 Å². The number of halogens is 4. The lowest BCUT2D eigenvalue weighted by Crippen LogP contribution is -2.44. The molecule has 0 aliphatic carbocycles. The van der Waals surface area contributed by atoms with Crippen LogP contribution in [0.4, 0.5) is 23.5 Å². The zero-order chi connectivity index (χ0) is 12.8. The Balaban J connectivity index is 2.44. The summed E-state index contributed by atoms with van der Waals surface area (Å²) < 4.78 is 50.9. The number of nitrogens with zero attached hydrogens (tertiary/aromatic N) is 2. The van der Waals surface area contributed by atoms with E-state index in [2.05, 4.69) is 4.98 Å². The molecule has 1 aromatic heterocycles. The maximum absolute atomic E-state index is 13.0. The molecule has 0 radical (unpaired) electrons. The van der Waals surface area contributed by atoms with Crippen molar-refractivity contribution in [2.45, 2.75) is 25.2 Å². The zero-order valence-electron chi connectivity index (χ0n) is 8.25. The highest BCUT2D eigenvalue weighted by molar-refractivity contribution is 5.33. The second kappa shape index (κ2) is 3.60. The number of anilines is 1. The first-order valence-corrected chi connectivity index (χ1v) is 4.63. The highest BCUT2D eigenvalue weighted by Crippen LogP contribution is 2.29. The van der Waals surface area contributed by atoms with Crippen molar-refractivity contribution in [2.75, 3.05) is 5.32 Å². The summed E-state index contributed by atoms with van der Waals surface area (Å²) in [5.74, 6) is -3.17. The number of hydrogen-bond acceptors (Lipinski definition) is 4. The van der Waals surface area contributed by atoms with Crippen LogP contribution in [0.15, 0.2) is 4.79 Å². The van der Waals surface area contributed by atoms with Crippen molar-refractivity contribution in [3.63, 3.8) is 0 Å². The molecule has 2 N–H and O–H groups in total. The van der Waals surface area contributed by atoms with Gasteiger partial charge in [0, 0.05) is 6.54 Å². The molecule has 0 aromatic carbocycles. The Kier molecular flexibility index (Phi) is 2.48. The van der Waals surface area contributed by atoms with Crippen molar-refractivity contribution in [2.24, 2.45) is 0 Å². The molecule has 1 aliphatic rings. The average molecular weight is 253 g/mol. The highest BCUT2D eigenvalue weighted by Gasteiger charge is 2.42. The van der Waals surface area contributed by atoms with E-state index in [1.165, 1.54) is 0 Å². The summed E-state index contributed by atoms with van der Waals surface area (Å²) in [6, 6.07) is -1.86. The van der Waals surface area contributed by atoms with Gasteiger partial charge in [0.15, 0.2) is 0 Å². The van der Waals surface area contributed by atoms with Gasteiger partial charge in [-0.05, 0) is 6.42 Å². The van der Waals surface area contributed by atoms with Gasteiger partial charge in [0.25, 0.3) is 11.4 Å². The molecule has 5 nitrogen and oxygen atoms in total. The van der Waals surface area contributed by atoms with Gasteiger partial charge in [-0.15, -0.1) is 0 Å². The first kappa shape index (κ1) is 11.7. The van der Waals surface area contributed by atoms with Gasteiger partial charge < -0.3 is 10.4 Å². The molecular formula is C8H7F4N3O2. The van der Waals surface area contributed by atoms with E-state index >= 15 is 0 Å². The van der Waals surface area contributed by atoms with Gasteiger partial charge in [-0.3, -0.25) is 9.36 Å². The summed E-state index contributed by atoms with van der Waals surface area (Å²) in [7, 11) is 0. The second-order valence-corrected chi connectivity index (χ2v) is 3.56. The Morgan fingerprint density at radius 1 is 1.47 bits per heavy atom. The smallest absolute Gasteiger partial charge is 0.408 e. The molecule has 17 heavy (non-hydrogen) atoms. The Morgan fingerprint density at radius 3 is 2.71 bits per heavy atom. The van der Waals surface area contributed by atoms with E-state index in [0.717, 1.165) is 4.57 Å². The number of nitrogens with one attached hydrogen (secondary N) is 1. The zero-order valence-corrected chi connectivity index (χ0v) is 8.25. The lowest BCUT2D eigenvalue weighted by molar-refractivity contribution is -0.145. The van der Waals surface area contributed by atoms with E-state index in [4.69, 9.17) is 5.11 Å². The molecule has 0 amide bonds. The van der Waals surface area contributed by atoms with Crippen LogP contribution >= 0.6 is 0 Å². The summed E-state index contributed by atoms with van der Waals surface area (Å²) >= 11 is 0. The third-order valence-corrected chi connectivity index (χ3v) is 2.44. The maximum Gasteiger partial charge on any atom is 0.408 e. The molecule has 0 saturated carbocycles. The van der Waals surface area contributed by atoms with Crippen molar-refractivity contribution in [1.29, 1.82) is 0 Å². The third kappa shape index (κ3) is 1.92. The molecule has 0 saturated heterocycles. The van der Waals surface area contributed by atoms with E-state index in [-0.39, 0.29) is 6.54 Å². The average Bonchev–Trinajstić information content (AvgIpc) is 2.24. The van der Waals surface area contributed by atoms with Crippen LogP contribution in [-0.4, -0.2) is 26.9 Å². The number of aromatic nitrogens is 2. The van der Waals surface area contributed by atoms with Crippen LogP contribution < -0.4 is 10.9 Å². The monoisotopic (exact) mass is 253 g/mol. The van der Waals surface area contributed by atoms with Crippen molar-refractivity contribution in [1.82, 2.24) is 9.55 Å². The first-order valence-electron chi connectivity index (χ1n) is 4.63. The number of alkyl halides is 3. The number of rotatable bonds is 0. The van der Waals surface area contributed by atoms with E-state index in [1.54, 1.807) is 0 Å². The van der Waals surface area contributed by atoms with Crippen molar-refractivity contribution in [3.8, 4) is 5.88 Å². The second-order valence-electron chi connectivity index (χ2n) is 3.56. The molecule has 0 bridgehead atoms. The predicted octanol–water partition coefficient (Wildman–Crippen LogP) is 0.834. The minimum Gasteiger partial charge on any atom is -0.491 e. The topological polar surface area (TPSA) is 67.1 Å². The van der Waals surface area contributed by atoms with E-state index < -0.39 is 41.8 Å². The van der Waals surface area contributed by atoms with Gasteiger partial charge in [-0.2, -0.15) is 22.5 Å². The Bertz CT molecular complexity index is 511. The SMILES string of the molecule is O=c1c(F)c(O)nc2n1CC[C@@H](C(F)(F)F)N2. The van der Waals surface area contributed by atoms with Crippen LogP contribution in [-0.2, 0) is 6.54 Å². The molecule has 94 valence electrons. The number of aromatic hydroxyl groups is 1. The van der Waals surface area contributed by atoms with Crippen LogP contribution in [0.2, 0.25) is 0 Å². The molecule has 1 atom stereocenters. The molecular weight excluding hydrogens is 246 g/mol. The van der Waals surface area contributed by atoms with Crippen LogP contribution in [0, 0.1) is 5.82 Å². The molecule has 1 aromatic rings. The molecule has 2 rings (SSSR count). The summed E-state index contributed by atoms with van der Waals surface area (Å²) in [5.41, 5.74) is -1.19. The summed E-state index contributed by atoms with van der Waals surface area (Å²) in [6.45, 7) is -0.310. The fraction of sp³-hybridized carbons (Fsp3) is 0.500. The molecule has 0 unspecified atom stereocenters. The van der Waals surface area contributed by atoms with Crippen LogP contribution in [0.3, 0.4) is 0 Å². The first-order chi connectivity index (χ1) is 7.80. The fourth-order valence-corrected chi connectivity index (χ4v) is 1.57. The molecule has 0 spiro atoms.